The van der Waals surface area contributed by atoms with Gasteiger partial charge in [0.05, 0.1) is 6.10 Å². The largest absolute Gasteiger partial charge is 0.491 e. The lowest BCUT2D eigenvalue weighted by molar-refractivity contribution is 0.242. The number of piperazine rings is 1. The first-order valence-corrected chi connectivity index (χ1v) is 6.82. The van der Waals surface area contributed by atoms with E-state index in [1.165, 1.54) is 5.69 Å². The second kappa shape index (κ2) is 5.61. The van der Waals surface area contributed by atoms with Crippen LogP contribution < -0.4 is 15.0 Å². The fraction of sp³-hybridized carbons (Fsp3) is 0.600. The topological polar surface area (TPSA) is 24.5 Å². The maximum Gasteiger partial charge on any atom is 0.119 e. The first-order valence-electron chi connectivity index (χ1n) is 6.82. The summed E-state index contributed by atoms with van der Waals surface area (Å²) in [5.41, 5.74) is 1.28. The van der Waals surface area contributed by atoms with Crippen molar-refractivity contribution in [2.45, 2.75) is 45.9 Å². The van der Waals surface area contributed by atoms with Gasteiger partial charge in [-0.3, -0.25) is 0 Å². The summed E-state index contributed by atoms with van der Waals surface area (Å²) in [7, 11) is 0. The summed E-state index contributed by atoms with van der Waals surface area (Å²) in [6.45, 7) is 10.7. The lowest BCUT2D eigenvalue weighted by Gasteiger charge is -2.37. The lowest BCUT2D eigenvalue weighted by Crippen LogP contribution is -2.54. The molecule has 3 heteroatoms. The van der Waals surface area contributed by atoms with Gasteiger partial charge in [0.25, 0.3) is 0 Å². The third kappa shape index (κ3) is 3.39. The fourth-order valence-electron chi connectivity index (χ4n) is 2.55. The van der Waals surface area contributed by atoms with E-state index in [4.69, 9.17) is 4.74 Å². The van der Waals surface area contributed by atoms with Crippen molar-refractivity contribution in [2.75, 3.05) is 18.0 Å². The van der Waals surface area contributed by atoms with Crippen LogP contribution in [0.2, 0.25) is 0 Å². The number of hydrogen-bond acceptors (Lipinski definition) is 3. The molecule has 3 nitrogen and oxygen atoms in total. The Kier molecular flexibility index (Phi) is 4.12. The van der Waals surface area contributed by atoms with Crippen LogP contribution >= 0.6 is 0 Å². The number of nitrogens with one attached hydrogen (secondary N) is 1. The van der Waals surface area contributed by atoms with Gasteiger partial charge in [-0.2, -0.15) is 0 Å². The van der Waals surface area contributed by atoms with Gasteiger partial charge in [0.15, 0.2) is 0 Å². The second-order valence-corrected chi connectivity index (χ2v) is 5.53. The Balaban J connectivity index is 2.04. The standard InChI is InChI=1S/C15H24N2O/c1-11(2)18-15-7-5-14(6-8-15)17-9-12(3)16-13(4)10-17/h5-8,11-13,16H,9-10H2,1-4H3. The molecule has 0 saturated carbocycles. The Bertz CT molecular complexity index is 365. The summed E-state index contributed by atoms with van der Waals surface area (Å²) in [6, 6.07) is 9.52. The molecular weight excluding hydrogens is 224 g/mol. The van der Waals surface area contributed by atoms with E-state index in [0.717, 1.165) is 18.8 Å². The monoisotopic (exact) mass is 248 g/mol. The molecule has 1 aliphatic rings. The van der Waals surface area contributed by atoms with Gasteiger partial charge in [-0.1, -0.05) is 0 Å². The molecule has 1 N–H and O–H groups in total. The summed E-state index contributed by atoms with van der Waals surface area (Å²) in [4.78, 5) is 2.44. The molecule has 1 saturated heterocycles. The number of benzene rings is 1. The van der Waals surface area contributed by atoms with E-state index in [1.807, 2.05) is 13.8 Å². The normalized spacial score (nSPS) is 24.4. The van der Waals surface area contributed by atoms with E-state index in [9.17, 15) is 0 Å². The van der Waals surface area contributed by atoms with Gasteiger partial charge in [-0.05, 0) is 52.0 Å². The minimum Gasteiger partial charge on any atom is -0.491 e. The highest BCUT2D eigenvalue weighted by Crippen LogP contribution is 2.22. The van der Waals surface area contributed by atoms with Crippen LogP contribution in [-0.2, 0) is 0 Å². The number of hydrogen-bond donors (Lipinski definition) is 1. The average molecular weight is 248 g/mol. The Morgan fingerprint density at radius 2 is 1.67 bits per heavy atom. The molecule has 2 rings (SSSR count). The molecule has 1 aromatic rings. The van der Waals surface area contributed by atoms with Crippen molar-refractivity contribution in [1.29, 1.82) is 0 Å². The SMILES string of the molecule is CC1CN(c2ccc(OC(C)C)cc2)CC(C)N1. The molecule has 1 aliphatic heterocycles. The highest BCUT2D eigenvalue weighted by Gasteiger charge is 2.20. The lowest BCUT2D eigenvalue weighted by atomic mass is 10.1. The summed E-state index contributed by atoms with van der Waals surface area (Å²) in [6.07, 6.45) is 0.232. The molecule has 0 amide bonds. The number of nitrogens with zero attached hydrogens (tertiary/aromatic N) is 1. The highest BCUT2D eigenvalue weighted by atomic mass is 16.5. The predicted molar refractivity (Wildman–Crippen MR) is 76.5 cm³/mol. The van der Waals surface area contributed by atoms with Crippen LogP contribution in [0.4, 0.5) is 5.69 Å². The van der Waals surface area contributed by atoms with Crippen molar-refractivity contribution in [1.82, 2.24) is 5.32 Å². The number of ether oxygens (including phenoxy) is 1. The van der Waals surface area contributed by atoms with Gasteiger partial charge in [0.1, 0.15) is 5.75 Å². The molecule has 18 heavy (non-hydrogen) atoms. The summed E-state index contributed by atoms with van der Waals surface area (Å²) in [5.74, 6) is 0.949. The Labute approximate surface area is 110 Å². The first-order chi connectivity index (χ1) is 8.54. The quantitative estimate of drug-likeness (QED) is 0.890. The highest BCUT2D eigenvalue weighted by molar-refractivity contribution is 5.49. The molecule has 2 atom stereocenters. The van der Waals surface area contributed by atoms with E-state index in [2.05, 4.69) is 48.3 Å². The van der Waals surface area contributed by atoms with Gasteiger partial charge in [0, 0.05) is 30.9 Å². The van der Waals surface area contributed by atoms with E-state index in [1.54, 1.807) is 0 Å². The Morgan fingerprint density at radius 3 is 2.17 bits per heavy atom. The number of anilines is 1. The average Bonchev–Trinajstić information content (AvgIpc) is 2.27. The van der Waals surface area contributed by atoms with Gasteiger partial charge < -0.3 is 15.0 Å². The maximum atomic E-state index is 5.67. The van der Waals surface area contributed by atoms with Crippen molar-refractivity contribution < 1.29 is 4.74 Å². The number of rotatable bonds is 3. The minimum atomic E-state index is 0.232. The van der Waals surface area contributed by atoms with Crippen LogP contribution in [0.3, 0.4) is 0 Å². The zero-order valence-corrected chi connectivity index (χ0v) is 11.8. The van der Waals surface area contributed by atoms with Gasteiger partial charge >= 0.3 is 0 Å². The van der Waals surface area contributed by atoms with Crippen molar-refractivity contribution in [3.05, 3.63) is 24.3 Å². The van der Waals surface area contributed by atoms with E-state index in [-0.39, 0.29) is 6.10 Å². The van der Waals surface area contributed by atoms with Crippen LogP contribution in [0.15, 0.2) is 24.3 Å². The van der Waals surface area contributed by atoms with E-state index >= 15 is 0 Å². The van der Waals surface area contributed by atoms with Crippen molar-refractivity contribution in [2.24, 2.45) is 0 Å². The molecule has 0 spiro atoms. The Morgan fingerprint density at radius 1 is 1.11 bits per heavy atom. The molecule has 1 heterocycles. The molecule has 1 aromatic carbocycles. The molecule has 0 aromatic heterocycles. The van der Waals surface area contributed by atoms with Gasteiger partial charge in [-0.25, -0.2) is 0 Å². The third-order valence-corrected chi connectivity index (χ3v) is 3.13. The molecule has 0 bridgehead atoms. The minimum absolute atomic E-state index is 0.232. The summed E-state index contributed by atoms with van der Waals surface area (Å²) in [5, 5.41) is 3.55. The summed E-state index contributed by atoms with van der Waals surface area (Å²) >= 11 is 0. The van der Waals surface area contributed by atoms with Gasteiger partial charge in [-0.15, -0.1) is 0 Å². The third-order valence-electron chi connectivity index (χ3n) is 3.13. The first kappa shape index (κ1) is 13.2. The zero-order valence-electron chi connectivity index (χ0n) is 11.8. The maximum absolute atomic E-state index is 5.67. The van der Waals surface area contributed by atoms with E-state index < -0.39 is 0 Å². The fourth-order valence-corrected chi connectivity index (χ4v) is 2.55. The predicted octanol–water partition coefficient (Wildman–Crippen LogP) is 2.66. The molecule has 100 valence electrons. The molecule has 1 fully saturated rings. The van der Waals surface area contributed by atoms with Crippen molar-refractivity contribution >= 4 is 5.69 Å². The van der Waals surface area contributed by atoms with Crippen LogP contribution in [0.5, 0.6) is 5.75 Å². The van der Waals surface area contributed by atoms with Gasteiger partial charge in [0.2, 0.25) is 0 Å². The van der Waals surface area contributed by atoms with Crippen LogP contribution in [0.1, 0.15) is 27.7 Å². The second-order valence-electron chi connectivity index (χ2n) is 5.53. The molecule has 0 aliphatic carbocycles. The van der Waals surface area contributed by atoms with Crippen molar-refractivity contribution in [3.63, 3.8) is 0 Å². The molecule has 0 radical (unpaired) electrons. The Hall–Kier alpha value is -1.22. The zero-order chi connectivity index (χ0) is 13.1. The smallest absolute Gasteiger partial charge is 0.119 e. The van der Waals surface area contributed by atoms with Crippen LogP contribution in [-0.4, -0.2) is 31.3 Å². The van der Waals surface area contributed by atoms with Crippen molar-refractivity contribution in [3.8, 4) is 5.75 Å². The molecule has 2 unspecified atom stereocenters. The van der Waals surface area contributed by atoms with E-state index in [0.29, 0.717) is 12.1 Å². The van der Waals surface area contributed by atoms with Crippen LogP contribution in [0, 0.1) is 0 Å². The molecular formula is C15H24N2O. The van der Waals surface area contributed by atoms with Crippen LogP contribution in [0.25, 0.3) is 0 Å². The summed E-state index contributed by atoms with van der Waals surface area (Å²) < 4.78 is 5.67.